The summed E-state index contributed by atoms with van der Waals surface area (Å²) < 4.78 is 1.73. The van der Waals surface area contributed by atoms with Gasteiger partial charge in [0.2, 0.25) is 0 Å². The van der Waals surface area contributed by atoms with Crippen LogP contribution in [-0.4, -0.2) is 9.78 Å². The molecule has 0 aliphatic carbocycles. The quantitative estimate of drug-likeness (QED) is 0.862. The van der Waals surface area contributed by atoms with Gasteiger partial charge in [-0.05, 0) is 17.4 Å². The lowest BCUT2D eigenvalue weighted by molar-refractivity contribution is 0.416. The highest BCUT2D eigenvalue weighted by Crippen LogP contribution is 2.26. The minimum atomic E-state index is 0.400. The van der Waals surface area contributed by atoms with Crippen LogP contribution in [0, 0.1) is 5.92 Å². The summed E-state index contributed by atoms with van der Waals surface area (Å²) in [6, 6.07) is 4.69. The van der Waals surface area contributed by atoms with Gasteiger partial charge in [-0.15, -0.1) is 11.3 Å². The van der Waals surface area contributed by atoms with Crippen molar-refractivity contribution in [1.29, 1.82) is 0 Å². The van der Waals surface area contributed by atoms with Crippen LogP contribution in [0.5, 0.6) is 0 Å². The Balaban J connectivity index is 2.00. The van der Waals surface area contributed by atoms with Gasteiger partial charge in [-0.2, -0.15) is 5.10 Å². The van der Waals surface area contributed by atoms with Crippen molar-refractivity contribution in [2.75, 3.05) is 0 Å². The fourth-order valence-electron chi connectivity index (χ4n) is 1.93. The molecule has 1 atom stereocenters. The van der Waals surface area contributed by atoms with Crippen LogP contribution in [0.2, 0.25) is 0 Å². The van der Waals surface area contributed by atoms with Crippen LogP contribution < -0.4 is 5.32 Å². The van der Waals surface area contributed by atoms with E-state index in [1.807, 2.05) is 12.4 Å². The molecule has 96 valence electrons. The summed E-state index contributed by atoms with van der Waals surface area (Å²) in [5.74, 6) is 0.568. The molecule has 0 saturated heterocycles. The van der Waals surface area contributed by atoms with Gasteiger partial charge in [-0.25, -0.2) is 4.68 Å². The summed E-state index contributed by atoms with van der Waals surface area (Å²) in [7, 11) is 0. The summed E-state index contributed by atoms with van der Waals surface area (Å²) in [5, 5.41) is 9.91. The Labute approximate surface area is 112 Å². The summed E-state index contributed by atoms with van der Waals surface area (Å²) >= 11 is 1.80. The van der Waals surface area contributed by atoms with Gasteiger partial charge in [0.15, 0.2) is 0 Å². The maximum Gasteiger partial charge on any atom is 0.0538 e. The van der Waals surface area contributed by atoms with Gasteiger partial charge in [0, 0.05) is 35.4 Å². The van der Waals surface area contributed by atoms with E-state index < -0.39 is 0 Å². The standard InChI is InChI=1S/C14H19N3S/c1-4-17-10-12(9-16-17)8-15-14(11(2)3)13-6-5-7-18-13/h4-7,9-11,14-15H,1,8H2,2-3H3. The molecule has 3 nitrogen and oxygen atoms in total. The number of hydrogen-bond acceptors (Lipinski definition) is 3. The Bertz CT molecular complexity index is 485. The first-order valence-electron chi connectivity index (χ1n) is 6.13. The van der Waals surface area contributed by atoms with Gasteiger partial charge in [0.25, 0.3) is 0 Å². The third-order valence-corrected chi connectivity index (χ3v) is 3.84. The van der Waals surface area contributed by atoms with Crippen LogP contribution in [0.4, 0.5) is 0 Å². The van der Waals surface area contributed by atoms with Gasteiger partial charge in [0.05, 0.1) is 6.20 Å². The summed E-state index contributed by atoms with van der Waals surface area (Å²) in [5.41, 5.74) is 1.18. The predicted octanol–water partition coefficient (Wildman–Crippen LogP) is 3.53. The first kappa shape index (κ1) is 13.1. The van der Waals surface area contributed by atoms with Crippen molar-refractivity contribution in [2.45, 2.75) is 26.4 Å². The molecular weight excluding hydrogens is 242 g/mol. The molecule has 0 fully saturated rings. The van der Waals surface area contributed by atoms with E-state index in [-0.39, 0.29) is 0 Å². The molecule has 0 spiro atoms. The smallest absolute Gasteiger partial charge is 0.0538 e. The van der Waals surface area contributed by atoms with Crippen LogP contribution in [0.15, 0.2) is 36.5 Å². The Morgan fingerprint density at radius 3 is 2.94 bits per heavy atom. The van der Waals surface area contributed by atoms with Crippen LogP contribution in [-0.2, 0) is 6.54 Å². The minimum absolute atomic E-state index is 0.400. The summed E-state index contributed by atoms with van der Waals surface area (Å²) in [6.07, 6.45) is 5.56. The third kappa shape index (κ3) is 3.09. The van der Waals surface area contributed by atoms with E-state index >= 15 is 0 Å². The molecule has 2 aromatic rings. The Morgan fingerprint density at radius 2 is 2.39 bits per heavy atom. The zero-order chi connectivity index (χ0) is 13.0. The number of rotatable bonds is 6. The molecule has 0 amide bonds. The van der Waals surface area contributed by atoms with E-state index in [9.17, 15) is 0 Å². The average Bonchev–Trinajstić information content (AvgIpc) is 2.99. The third-order valence-electron chi connectivity index (χ3n) is 2.88. The molecule has 2 aromatic heterocycles. The van der Waals surface area contributed by atoms with Gasteiger partial charge in [0.1, 0.15) is 0 Å². The topological polar surface area (TPSA) is 29.9 Å². The maximum absolute atomic E-state index is 4.18. The van der Waals surface area contributed by atoms with Crippen molar-refractivity contribution < 1.29 is 0 Å². The number of thiophene rings is 1. The van der Waals surface area contributed by atoms with Crippen molar-refractivity contribution in [2.24, 2.45) is 5.92 Å². The molecule has 0 bridgehead atoms. The van der Waals surface area contributed by atoms with Gasteiger partial charge in [-0.1, -0.05) is 26.5 Å². The molecule has 2 heterocycles. The van der Waals surface area contributed by atoms with E-state index in [2.05, 4.69) is 48.4 Å². The molecular formula is C14H19N3S. The lowest BCUT2D eigenvalue weighted by Crippen LogP contribution is -2.24. The van der Waals surface area contributed by atoms with E-state index in [1.54, 1.807) is 22.2 Å². The van der Waals surface area contributed by atoms with Crippen LogP contribution in [0.3, 0.4) is 0 Å². The lowest BCUT2D eigenvalue weighted by Gasteiger charge is -2.20. The summed E-state index contributed by atoms with van der Waals surface area (Å²) in [4.78, 5) is 1.39. The molecule has 1 N–H and O–H groups in total. The SMILES string of the molecule is C=Cn1cc(CNC(c2cccs2)C(C)C)cn1. The molecule has 4 heteroatoms. The normalized spacial score (nSPS) is 12.8. The average molecular weight is 261 g/mol. The lowest BCUT2D eigenvalue weighted by atomic mass is 10.0. The highest BCUT2D eigenvalue weighted by molar-refractivity contribution is 7.10. The molecule has 0 aliphatic rings. The minimum Gasteiger partial charge on any atom is -0.305 e. The van der Waals surface area contributed by atoms with Crippen molar-refractivity contribution in [1.82, 2.24) is 15.1 Å². The highest BCUT2D eigenvalue weighted by Gasteiger charge is 2.16. The van der Waals surface area contributed by atoms with E-state index in [1.165, 1.54) is 10.4 Å². The second-order valence-electron chi connectivity index (χ2n) is 4.63. The van der Waals surface area contributed by atoms with Crippen molar-refractivity contribution >= 4 is 17.5 Å². The van der Waals surface area contributed by atoms with Crippen LogP contribution in [0.25, 0.3) is 6.20 Å². The first-order chi connectivity index (χ1) is 8.70. The summed E-state index contributed by atoms with van der Waals surface area (Å²) in [6.45, 7) is 9.00. The van der Waals surface area contributed by atoms with Crippen molar-refractivity contribution in [3.05, 3.63) is 46.9 Å². The van der Waals surface area contributed by atoms with Crippen molar-refractivity contribution in [3.63, 3.8) is 0 Å². The van der Waals surface area contributed by atoms with Crippen LogP contribution in [0.1, 0.15) is 30.3 Å². The van der Waals surface area contributed by atoms with E-state index in [0.717, 1.165) is 6.54 Å². The first-order valence-corrected chi connectivity index (χ1v) is 7.01. The second-order valence-corrected chi connectivity index (χ2v) is 5.61. The van der Waals surface area contributed by atoms with Crippen molar-refractivity contribution in [3.8, 4) is 0 Å². The zero-order valence-corrected chi connectivity index (χ0v) is 11.7. The number of nitrogens with one attached hydrogen (secondary N) is 1. The second kappa shape index (κ2) is 5.98. The van der Waals surface area contributed by atoms with E-state index in [4.69, 9.17) is 0 Å². The number of nitrogens with zero attached hydrogens (tertiary/aromatic N) is 2. The molecule has 18 heavy (non-hydrogen) atoms. The highest BCUT2D eigenvalue weighted by atomic mass is 32.1. The van der Waals surface area contributed by atoms with Gasteiger partial charge in [-0.3, -0.25) is 0 Å². The molecule has 0 saturated carbocycles. The Morgan fingerprint density at radius 1 is 1.56 bits per heavy atom. The Hall–Kier alpha value is -1.39. The fourth-order valence-corrected chi connectivity index (χ4v) is 2.90. The van der Waals surface area contributed by atoms with Gasteiger partial charge >= 0.3 is 0 Å². The van der Waals surface area contributed by atoms with Gasteiger partial charge < -0.3 is 5.32 Å². The largest absolute Gasteiger partial charge is 0.305 e. The predicted molar refractivity (Wildman–Crippen MR) is 77.4 cm³/mol. The maximum atomic E-state index is 4.18. The molecule has 0 aromatic carbocycles. The molecule has 0 radical (unpaired) electrons. The fraction of sp³-hybridized carbons (Fsp3) is 0.357. The molecule has 1 unspecified atom stereocenters. The molecule has 0 aliphatic heterocycles. The van der Waals surface area contributed by atoms with E-state index in [0.29, 0.717) is 12.0 Å². The van der Waals surface area contributed by atoms with Crippen LogP contribution >= 0.6 is 11.3 Å². The number of hydrogen-bond donors (Lipinski definition) is 1. The number of aromatic nitrogens is 2. The monoisotopic (exact) mass is 261 g/mol. The molecule has 2 rings (SSSR count). The zero-order valence-electron chi connectivity index (χ0n) is 10.8. The Kier molecular flexibility index (Phi) is 4.33.